The molecule has 0 aliphatic rings. The minimum atomic E-state index is -3.81. The third-order valence-corrected chi connectivity index (χ3v) is 3.70. The van der Waals surface area contributed by atoms with Gasteiger partial charge in [-0.05, 0) is 26.0 Å². The highest BCUT2D eigenvalue weighted by molar-refractivity contribution is 7.49. The summed E-state index contributed by atoms with van der Waals surface area (Å²) in [6, 6.07) is 5.10. The Balaban J connectivity index is 2.83. The van der Waals surface area contributed by atoms with Crippen LogP contribution in [-0.2, 0) is 13.6 Å². The van der Waals surface area contributed by atoms with E-state index in [4.69, 9.17) is 25.2 Å². The van der Waals surface area contributed by atoms with Gasteiger partial charge in [-0.2, -0.15) is 0 Å². The maximum atomic E-state index is 12.3. The van der Waals surface area contributed by atoms with Gasteiger partial charge in [-0.1, -0.05) is 0 Å². The molecule has 0 radical (unpaired) electrons. The van der Waals surface area contributed by atoms with Crippen LogP contribution in [0.5, 0.6) is 5.75 Å². The van der Waals surface area contributed by atoms with E-state index in [1.807, 2.05) is 0 Å². The highest BCUT2D eigenvalue weighted by atomic mass is 35.5. The number of hydrogen-bond donors (Lipinski definition) is 0. The summed E-state index contributed by atoms with van der Waals surface area (Å²) in [6.45, 7) is 3.35. The fourth-order valence-corrected chi connectivity index (χ4v) is 2.79. The van der Waals surface area contributed by atoms with Gasteiger partial charge in [0.15, 0.2) is 0 Å². The van der Waals surface area contributed by atoms with Crippen LogP contribution >= 0.6 is 19.4 Å². The maximum absolute atomic E-state index is 12.3. The van der Waals surface area contributed by atoms with Crippen molar-refractivity contribution in [2.75, 3.05) is 12.5 Å². The Bertz CT molecular complexity index is 492. The van der Waals surface area contributed by atoms with Gasteiger partial charge in [0, 0.05) is 18.0 Å². The van der Waals surface area contributed by atoms with Gasteiger partial charge in [0.25, 0.3) is 5.69 Å². The number of rotatable bonds is 8. The van der Waals surface area contributed by atoms with Crippen LogP contribution < -0.4 is 4.52 Å². The molecule has 9 heteroatoms. The molecule has 0 fully saturated rings. The van der Waals surface area contributed by atoms with Gasteiger partial charge in [0.05, 0.1) is 17.6 Å². The van der Waals surface area contributed by atoms with Crippen LogP contribution in [0, 0.1) is 10.1 Å². The fraction of sp³-hybridized carbons (Fsp3) is 0.455. The summed E-state index contributed by atoms with van der Waals surface area (Å²) in [7, 11) is -3.81. The van der Waals surface area contributed by atoms with Crippen molar-refractivity contribution < 1.29 is 23.1 Å². The first-order valence-corrected chi connectivity index (χ1v) is 7.79. The van der Waals surface area contributed by atoms with Gasteiger partial charge in [0.2, 0.25) is 0 Å². The molecule has 0 heterocycles. The molecule has 1 aromatic rings. The molecule has 0 saturated heterocycles. The van der Waals surface area contributed by atoms with Crippen LogP contribution in [0.15, 0.2) is 24.3 Å². The van der Waals surface area contributed by atoms with Crippen molar-refractivity contribution in [2.45, 2.75) is 20.0 Å². The van der Waals surface area contributed by atoms with E-state index in [1.54, 1.807) is 13.8 Å². The standard InChI is InChI=1S/C11H15ClNO6P/c1-9(2)18-20(16,17-8-7-12)19-11-5-3-10(4-6-11)13(14)15/h3-6,9H,7-8H2,1-2H3. The van der Waals surface area contributed by atoms with Crippen molar-refractivity contribution in [3.8, 4) is 5.75 Å². The Morgan fingerprint density at radius 2 is 1.95 bits per heavy atom. The Kier molecular flexibility index (Phi) is 6.42. The number of nitrogens with zero attached hydrogens (tertiary/aromatic N) is 1. The molecule has 0 aliphatic carbocycles. The average Bonchev–Trinajstić information content (AvgIpc) is 2.36. The first-order chi connectivity index (χ1) is 9.36. The van der Waals surface area contributed by atoms with Crippen LogP contribution in [0.3, 0.4) is 0 Å². The van der Waals surface area contributed by atoms with E-state index < -0.39 is 12.7 Å². The van der Waals surface area contributed by atoms with Crippen LogP contribution in [0.1, 0.15) is 13.8 Å². The number of non-ortho nitro benzene ring substituents is 1. The molecular weight excluding hydrogens is 309 g/mol. The largest absolute Gasteiger partial charge is 0.530 e. The van der Waals surface area contributed by atoms with Crippen molar-refractivity contribution in [3.05, 3.63) is 34.4 Å². The minimum absolute atomic E-state index is 0.00145. The SMILES string of the molecule is CC(C)OP(=O)(OCCCl)Oc1ccc([N+](=O)[O-])cc1. The number of halogens is 1. The molecule has 1 rings (SSSR count). The molecule has 0 amide bonds. The van der Waals surface area contributed by atoms with Crippen LogP contribution in [0.4, 0.5) is 5.69 Å². The van der Waals surface area contributed by atoms with Gasteiger partial charge in [-0.15, -0.1) is 11.6 Å². The fourth-order valence-electron chi connectivity index (χ4n) is 1.24. The molecule has 20 heavy (non-hydrogen) atoms. The number of benzene rings is 1. The summed E-state index contributed by atoms with van der Waals surface area (Å²) >= 11 is 5.47. The number of hydrogen-bond acceptors (Lipinski definition) is 6. The van der Waals surface area contributed by atoms with Crippen molar-refractivity contribution in [2.24, 2.45) is 0 Å². The second kappa shape index (κ2) is 7.59. The second-order valence-electron chi connectivity index (χ2n) is 3.97. The molecule has 0 bridgehead atoms. The molecule has 0 aromatic heterocycles. The lowest BCUT2D eigenvalue weighted by atomic mass is 10.3. The molecule has 1 unspecified atom stereocenters. The maximum Gasteiger partial charge on any atom is 0.530 e. The zero-order valence-electron chi connectivity index (χ0n) is 11.0. The minimum Gasteiger partial charge on any atom is -0.404 e. The number of alkyl halides is 1. The van der Waals surface area contributed by atoms with E-state index in [2.05, 4.69) is 0 Å². The van der Waals surface area contributed by atoms with Gasteiger partial charge in [-0.25, -0.2) is 4.57 Å². The summed E-state index contributed by atoms with van der Waals surface area (Å²) in [5.41, 5.74) is -0.0985. The topological polar surface area (TPSA) is 87.9 Å². The Labute approximate surface area is 121 Å². The third-order valence-electron chi connectivity index (χ3n) is 1.93. The molecule has 0 N–H and O–H groups in total. The number of nitro benzene ring substituents is 1. The zero-order chi connectivity index (χ0) is 15.2. The van der Waals surface area contributed by atoms with Crippen molar-refractivity contribution >= 4 is 25.1 Å². The molecule has 1 aromatic carbocycles. The first-order valence-electron chi connectivity index (χ1n) is 5.79. The molecule has 1 atom stereocenters. The third kappa shape index (κ3) is 5.46. The molecule has 0 saturated carbocycles. The summed E-state index contributed by atoms with van der Waals surface area (Å²) < 4.78 is 27.6. The number of phosphoric acid groups is 1. The van der Waals surface area contributed by atoms with E-state index in [0.717, 1.165) is 0 Å². The number of phosphoric ester groups is 1. The highest BCUT2D eigenvalue weighted by Gasteiger charge is 2.30. The van der Waals surface area contributed by atoms with Crippen LogP contribution in [-0.4, -0.2) is 23.5 Å². The van der Waals surface area contributed by atoms with Gasteiger partial charge >= 0.3 is 7.82 Å². The summed E-state index contributed by atoms with van der Waals surface area (Å²) in [6.07, 6.45) is -0.380. The van der Waals surface area contributed by atoms with Crippen LogP contribution in [0.2, 0.25) is 0 Å². The lowest BCUT2D eigenvalue weighted by molar-refractivity contribution is -0.384. The predicted molar refractivity (Wildman–Crippen MR) is 74.2 cm³/mol. The second-order valence-corrected chi connectivity index (χ2v) is 5.89. The van der Waals surface area contributed by atoms with Crippen molar-refractivity contribution in [1.82, 2.24) is 0 Å². The summed E-state index contributed by atoms with van der Waals surface area (Å²) in [5, 5.41) is 10.5. The van der Waals surface area contributed by atoms with Crippen molar-refractivity contribution in [3.63, 3.8) is 0 Å². The lowest BCUT2D eigenvalue weighted by Gasteiger charge is -2.19. The van der Waals surface area contributed by atoms with Crippen LogP contribution in [0.25, 0.3) is 0 Å². The molecule has 0 spiro atoms. The molecule has 0 aliphatic heterocycles. The number of nitro groups is 1. The zero-order valence-corrected chi connectivity index (χ0v) is 12.7. The first kappa shape index (κ1) is 16.9. The quantitative estimate of drug-likeness (QED) is 0.313. The highest BCUT2D eigenvalue weighted by Crippen LogP contribution is 2.50. The Morgan fingerprint density at radius 1 is 1.35 bits per heavy atom. The van der Waals surface area contributed by atoms with Crippen molar-refractivity contribution in [1.29, 1.82) is 0 Å². The van der Waals surface area contributed by atoms with Gasteiger partial charge < -0.3 is 4.52 Å². The summed E-state index contributed by atoms with van der Waals surface area (Å²) in [5.74, 6) is 0.281. The molecule has 112 valence electrons. The Morgan fingerprint density at radius 3 is 2.40 bits per heavy atom. The average molecular weight is 324 g/mol. The molecular formula is C11H15ClNO6P. The lowest BCUT2D eigenvalue weighted by Crippen LogP contribution is -2.09. The normalized spacial score (nSPS) is 14.0. The summed E-state index contributed by atoms with van der Waals surface area (Å²) in [4.78, 5) is 9.99. The van der Waals surface area contributed by atoms with Gasteiger partial charge in [-0.3, -0.25) is 19.2 Å². The van der Waals surface area contributed by atoms with E-state index in [1.165, 1.54) is 24.3 Å². The Hall–Kier alpha value is -1.14. The van der Waals surface area contributed by atoms with E-state index >= 15 is 0 Å². The molecule has 7 nitrogen and oxygen atoms in total. The van der Waals surface area contributed by atoms with E-state index in [0.29, 0.717) is 0 Å². The smallest absolute Gasteiger partial charge is 0.404 e. The van der Waals surface area contributed by atoms with E-state index in [-0.39, 0.29) is 30.0 Å². The van der Waals surface area contributed by atoms with Gasteiger partial charge in [0.1, 0.15) is 5.75 Å². The van der Waals surface area contributed by atoms with E-state index in [9.17, 15) is 14.7 Å². The predicted octanol–water partition coefficient (Wildman–Crippen LogP) is 3.76. The monoisotopic (exact) mass is 323 g/mol.